The summed E-state index contributed by atoms with van der Waals surface area (Å²) in [5, 5.41) is -0.503. The largest absolute Gasteiger partial charge is 0.382 e. The molecule has 2 aromatic heterocycles. The number of nitrogens with two attached hydrogens (primary N) is 1. The van der Waals surface area contributed by atoms with Gasteiger partial charge in [0.25, 0.3) is 0 Å². The second-order valence-electron chi connectivity index (χ2n) is 8.65. The fourth-order valence-corrected chi connectivity index (χ4v) is 4.95. The molecule has 0 saturated carbocycles. The highest BCUT2D eigenvalue weighted by Crippen LogP contribution is 2.28. The molecule has 1 aliphatic carbocycles. The van der Waals surface area contributed by atoms with Gasteiger partial charge in [0, 0.05) is 19.5 Å². The number of imidazole rings is 1. The van der Waals surface area contributed by atoms with Gasteiger partial charge < -0.3 is 10.3 Å². The number of sulfonamides is 1. The third-order valence-electron chi connectivity index (χ3n) is 6.05. The molecule has 0 unspecified atom stereocenters. The molecule has 32 heavy (non-hydrogen) atoms. The van der Waals surface area contributed by atoms with Crippen LogP contribution in [0.5, 0.6) is 0 Å². The van der Waals surface area contributed by atoms with Crippen molar-refractivity contribution in [2.45, 2.75) is 64.7 Å². The summed E-state index contributed by atoms with van der Waals surface area (Å²) in [5.74, 6) is 0.707. The van der Waals surface area contributed by atoms with Gasteiger partial charge in [0.1, 0.15) is 5.82 Å². The molecule has 0 spiro atoms. The summed E-state index contributed by atoms with van der Waals surface area (Å²) in [7, 11) is -3.35. The topological polar surface area (TPSA) is 116 Å². The molecule has 10 heteroatoms. The van der Waals surface area contributed by atoms with Crippen LogP contribution in [0, 0.1) is 13.0 Å². The van der Waals surface area contributed by atoms with Crippen LogP contribution in [-0.4, -0.2) is 39.7 Å². The summed E-state index contributed by atoms with van der Waals surface area (Å²) in [4.78, 5) is 12.2. The number of halogens is 1. The number of fused-ring (bicyclic) bond motifs is 2. The van der Waals surface area contributed by atoms with E-state index in [9.17, 15) is 12.8 Å². The Labute approximate surface area is 187 Å². The van der Waals surface area contributed by atoms with Gasteiger partial charge in [0.15, 0.2) is 17.0 Å². The van der Waals surface area contributed by atoms with Crippen molar-refractivity contribution >= 4 is 27.0 Å². The number of nitrogen functional groups attached to an aromatic ring is 1. The van der Waals surface area contributed by atoms with E-state index in [0.29, 0.717) is 36.4 Å². The molecule has 3 N–H and O–H groups in total. The van der Waals surface area contributed by atoms with Crippen molar-refractivity contribution < 1.29 is 12.8 Å². The zero-order valence-corrected chi connectivity index (χ0v) is 19.5. The molecular weight excluding hydrogens is 431 g/mol. The summed E-state index contributed by atoms with van der Waals surface area (Å²) in [5.41, 5.74) is 11.8. The standard InChI is InChI=1S/C22H29FN6O2S/c1-13(2)32(30,31)25-8-5-9-29-18(26-19-20(24)27-22(23)28-21(19)29)12-17-11-16-7-4-6-15(16)10-14(17)3/h10-11,13,25H,4-9,12H2,1-3H3,(H2,24,27,28). The number of aryl methyl sites for hydroxylation is 4. The van der Waals surface area contributed by atoms with E-state index in [1.165, 1.54) is 23.1 Å². The molecule has 0 amide bonds. The van der Waals surface area contributed by atoms with Crippen molar-refractivity contribution in [2.75, 3.05) is 12.3 Å². The number of rotatable bonds is 8. The van der Waals surface area contributed by atoms with E-state index in [0.717, 1.165) is 18.4 Å². The van der Waals surface area contributed by atoms with Gasteiger partial charge in [-0.3, -0.25) is 0 Å². The highest BCUT2D eigenvalue weighted by Gasteiger charge is 2.20. The van der Waals surface area contributed by atoms with Gasteiger partial charge in [-0.2, -0.15) is 14.4 Å². The minimum atomic E-state index is -3.35. The molecular formula is C22H29FN6O2S. The van der Waals surface area contributed by atoms with E-state index in [-0.39, 0.29) is 12.4 Å². The Hall–Kier alpha value is -2.59. The highest BCUT2D eigenvalue weighted by molar-refractivity contribution is 7.90. The van der Waals surface area contributed by atoms with Gasteiger partial charge in [-0.05, 0) is 68.7 Å². The van der Waals surface area contributed by atoms with Gasteiger partial charge in [-0.25, -0.2) is 18.1 Å². The molecule has 0 radical (unpaired) electrons. The number of hydrogen-bond donors (Lipinski definition) is 2. The van der Waals surface area contributed by atoms with Gasteiger partial charge >= 0.3 is 6.08 Å². The van der Waals surface area contributed by atoms with Crippen LogP contribution < -0.4 is 10.5 Å². The van der Waals surface area contributed by atoms with Crippen LogP contribution in [0.2, 0.25) is 0 Å². The van der Waals surface area contributed by atoms with E-state index in [4.69, 9.17) is 5.73 Å². The number of benzene rings is 1. The third kappa shape index (κ3) is 4.47. The zero-order valence-electron chi connectivity index (χ0n) is 18.7. The van der Waals surface area contributed by atoms with E-state index < -0.39 is 21.4 Å². The van der Waals surface area contributed by atoms with E-state index in [1.807, 2.05) is 4.57 Å². The van der Waals surface area contributed by atoms with Crippen LogP contribution in [0.25, 0.3) is 11.2 Å². The maximum absolute atomic E-state index is 13.9. The lowest BCUT2D eigenvalue weighted by molar-refractivity contribution is 0.539. The summed E-state index contributed by atoms with van der Waals surface area (Å²) >= 11 is 0. The maximum atomic E-state index is 13.9. The van der Waals surface area contributed by atoms with Gasteiger partial charge in [0.05, 0.1) is 5.25 Å². The first-order chi connectivity index (χ1) is 15.2. The fraction of sp³-hybridized carbons (Fsp3) is 0.500. The Balaban J connectivity index is 1.64. The second kappa shape index (κ2) is 8.74. The minimum absolute atomic E-state index is 0.00122. The summed E-state index contributed by atoms with van der Waals surface area (Å²) in [6, 6.07) is 4.49. The molecule has 0 fully saturated rings. The van der Waals surface area contributed by atoms with Crippen LogP contribution in [0.4, 0.5) is 10.2 Å². The number of aromatic nitrogens is 4. The lowest BCUT2D eigenvalue weighted by Crippen LogP contribution is -2.32. The Morgan fingerprint density at radius 3 is 2.62 bits per heavy atom. The van der Waals surface area contributed by atoms with Crippen LogP contribution in [-0.2, 0) is 35.8 Å². The van der Waals surface area contributed by atoms with Gasteiger partial charge in [-0.15, -0.1) is 0 Å². The van der Waals surface area contributed by atoms with Gasteiger partial charge in [-0.1, -0.05) is 12.1 Å². The normalized spacial score (nSPS) is 13.9. The Morgan fingerprint density at radius 2 is 1.91 bits per heavy atom. The molecule has 2 heterocycles. The summed E-state index contributed by atoms with van der Waals surface area (Å²) in [6.07, 6.45) is 3.52. The highest BCUT2D eigenvalue weighted by atomic mass is 32.2. The molecule has 3 aromatic rings. The predicted octanol–water partition coefficient (Wildman–Crippen LogP) is 2.65. The molecule has 4 rings (SSSR count). The summed E-state index contributed by atoms with van der Waals surface area (Å²) < 4.78 is 42.4. The molecule has 0 bridgehead atoms. The number of nitrogens with one attached hydrogen (secondary N) is 1. The predicted molar refractivity (Wildman–Crippen MR) is 122 cm³/mol. The van der Waals surface area contributed by atoms with E-state index in [1.54, 1.807) is 13.8 Å². The van der Waals surface area contributed by atoms with E-state index >= 15 is 0 Å². The Morgan fingerprint density at radius 1 is 1.19 bits per heavy atom. The Bertz CT molecular complexity index is 1270. The quantitative estimate of drug-likeness (QED) is 0.394. The first-order valence-electron chi connectivity index (χ1n) is 10.9. The number of nitrogens with zero attached hydrogens (tertiary/aromatic N) is 4. The van der Waals surface area contributed by atoms with Crippen molar-refractivity contribution in [1.29, 1.82) is 0 Å². The molecule has 0 atom stereocenters. The van der Waals surface area contributed by atoms with Crippen molar-refractivity contribution in [3.05, 3.63) is 46.3 Å². The van der Waals surface area contributed by atoms with Crippen LogP contribution in [0.3, 0.4) is 0 Å². The Kier molecular flexibility index (Phi) is 6.17. The summed E-state index contributed by atoms with van der Waals surface area (Å²) in [6.45, 7) is 6.04. The van der Waals surface area contributed by atoms with Crippen LogP contribution >= 0.6 is 0 Å². The smallest absolute Gasteiger partial charge is 0.312 e. The molecule has 0 aliphatic heterocycles. The first-order valence-corrected chi connectivity index (χ1v) is 12.5. The van der Waals surface area contributed by atoms with E-state index in [2.05, 4.69) is 38.7 Å². The third-order valence-corrected chi connectivity index (χ3v) is 7.90. The monoisotopic (exact) mass is 460 g/mol. The first kappa shape index (κ1) is 22.6. The average Bonchev–Trinajstić information content (AvgIpc) is 3.30. The SMILES string of the molecule is Cc1cc2c(cc1Cc1nc3c(N)nc(F)nc3n1CCCNS(=O)(=O)C(C)C)CCC2. The zero-order chi connectivity index (χ0) is 23.0. The number of hydrogen-bond acceptors (Lipinski definition) is 6. The van der Waals surface area contributed by atoms with Crippen LogP contribution in [0.1, 0.15) is 54.8 Å². The molecule has 1 aromatic carbocycles. The van der Waals surface area contributed by atoms with Crippen molar-refractivity contribution in [2.24, 2.45) is 0 Å². The van der Waals surface area contributed by atoms with Crippen molar-refractivity contribution in [3.8, 4) is 0 Å². The maximum Gasteiger partial charge on any atom is 0.312 e. The molecule has 8 nitrogen and oxygen atoms in total. The van der Waals surface area contributed by atoms with Crippen LogP contribution in [0.15, 0.2) is 12.1 Å². The lowest BCUT2D eigenvalue weighted by Gasteiger charge is -2.13. The average molecular weight is 461 g/mol. The molecule has 172 valence electrons. The molecule has 1 aliphatic rings. The lowest BCUT2D eigenvalue weighted by atomic mass is 9.98. The molecule has 0 saturated heterocycles. The van der Waals surface area contributed by atoms with Crippen molar-refractivity contribution in [3.63, 3.8) is 0 Å². The van der Waals surface area contributed by atoms with Crippen molar-refractivity contribution in [1.82, 2.24) is 24.2 Å². The number of anilines is 1. The fourth-order valence-electron chi connectivity index (χ4n) is 4.19. The van der Waals surface area contributed by atoms with Gasteiger partial charge in [0.2, 0.25) is 10.0 Å². The second-order valence-corrected chi connectivity index (χ2v) is 11.0. The minimum Gasteiger partial charge on any atom is -0.382 e.